The molecule has 0 saturated heterocycles. The molecular formula is C8H13Cl2N3. The molecule has 1 rings (SSSR count). The van der Waals surface area contributed by atoms with Crippen molar-refractivity contribution in [3.8, 4) is 0 Å². The molecule has 0 bridgehead atoms. The van der Waals surface area contributed by atoms with Gasteiger partial charge in [0.25, 0.3) is 0 Å². The molecule has 0 fully saturated rings. The minimum absolute atomic E-state index is 0.511. The molecule has 0 aliphatic carbocycles. The second-order valence-corrected chi connectivity index (χ2v) is 3.64. The van der Waals surface area contributed by atoms with Gasteiger partial charge in [0.2, 0.25) is 0 Å². The van der Waals surface area contributed by atoms with Gasteiger partial charge >= 0.3 is 0 Å². The lowest BCUT2D eigenvalue weighted by Crippen LogP contribution is -2.27. The molecule has 5 heteroatoms. The van der Waals surface area contributed by atoms with Crippen LogP contribution in [0, 0.1) is 0 Å². The molecule has 74 valence electrons. The predicted molar refractivity (Wildman–Crippen MR) is 56.3 cm³/mol. The average Bonchev–Trinajstić information content (AvgIpc) is 2.03. The molecule has 0 aromatic heterocycles. The van der Waals surface area contributed by atoms with Gasteiger partial charge in [-0.2, -0.15) is 0 Å². The van der Waals surface area contributed by atoms with Crippen LogP contribution in [0.1, 0.15) is 32.6 Å². The highest BCUT2D eigenvalue weighted by Gasteiger charge is 2.08. The van der Waals surface area contributed by atoms with E-state index in [2.05, 4.69) is 17.5 Å². The average molecular weight is 222 g/mol. The molecule has 13 heavy (non-hydrogen) atoms. The van der Waals surface area contributed by atoms with Gasteiger partial charge in [-0.3, -0.25) is 5.43 Å². The first-order chi connectivity index (χ1) is 6.22. The number of rotatable bonds is 4. The Bertz CT molecular complexity index is 225. The van der Waals surface area contributed by atoms with Crippen molar-refractivity contribution >= 4 is 29.1 Å². The van der Waals surface area contributed by atoms with E-state index in [1.807, 2.05) is 0 Å². The van der Waals surface area contributed by atoms with Crippen molar-refractivity contribution in [3.05, 3.63) is 11.2 Å². The normalized spacial score (nSPS) is 16.4. The van der Waals surface area contributed by atoms with Crippen LogP contribution in [0.2, 0.25) is 0 Å². The van der Waals surface area contributed by atoms with Gasteiger partial charge < -0.3 is 0 Å². The summed E-state index contributed by atoms with van der Waals surface area (Å²) in [5.41, 5.74) is 3.56. The summed E-state index contributed by atoms with van der Waals surface area (Å²) in [7, 11) is 0. The number of nitrogens with zero attached hydrogens (tertiary/aromatic N) is 2. The van der Waals surface area contributed by atoms with Gasteiger partial charge in [-0.1, -0.05) is 31.4 Å². The minimum atomic E-state index is 0.511. The van der Waals surface area contributed by atoms with Crippen molar-refractivity contribution in [2.75, 3.05) is 0 Å². The Kier molecular flexibility index (Phi) is 4.39. The van der Waals surface area contributed by atoms with Crippen molar-refractivity contribution in [2.24, 2.45) is 5.10 Å². The Balaban J connectivity index is 2.40. The molecule has 1 aliphatic heterocycles. The fourth-order valence-corrected chi connectivity index (χ4v) is 1.55. The van der Waals surface area contributed by atoms with E-state index < -0.39 is 0 Å². The number of halogens is 2. The number of hydrogen-bond donors (Lipinski definition) is 1. The number of hydrogen-bond acceptors (Lipinski definition) is 3. The number of allylic oxidation sites excluding steroid dienone is 1. The molecule has 1 aliphatic rings. The van der Waals surface area contributed by atoms with E-state index in [-0.39, 0.29) is 0 Å². The highest BCUT2D eigenvalue weighted by molar-refractivity contribution is 6.31. The van der Waals surface area contributed by atoms with Crippen LogP contribution in [-0.4, -0.2) is 10.3 Å². The first kappa shape index (κ1) is 10.7. The Morgan fingerprint density at radius 1 is 1.54 bits per heavy atom. The lowest BCUT2D eigenvalue weighted by molar-refractivity contribution is 0.403. The van der Waals surface area contributed by atoms with Crippen LogP contribution in [0.4, 0.5) is 0 Å². The summed E-state index contributed by atoms with van der Waals surface area (Å²) in [6, 6.07) is 0. The van der Waals surface area contributed by atoms with E-state index in [1.54, 1.807) is 6.08 Å². The molecule has 1 N–H and O–H groups in total. The Morgan fingerprint density at radius 2 is 2.31 bits per heavy atom. The second kappa shape index (κ2) is 5.35. The van der Waals surface area contributed by atoms with Crippen molar-refractivity contribution in [1.82, 2.24) is 10.1 Å². The zero-order chi connectivity index (χ0) is 9.68. The van der Waals surface area contributed by atoms with Gasteiger partial charge in [-0.05, 0) is 18.9 Å². The third kappa shape index (κ3) is 3.87. The highest BCUT2D eigenvalue weighted by atomic mass is 35.5. The van der Waals surface area contributed by atoms with E-state index in [1.165, 1.54) is 12.8 Å². The van der Waals surface area contributed by atoms with Gasteiger partial charge in [0.05, 0.1) is 17.5 Å². The molecule has 1 heterocycles. The Labute approximate surface area is 88.5 Å². The number of nitrogens with one attached hydrogen (secondary N) is 1. The second-order valence-electron chi connectivity index (χ2n) is 2.91. The predicted octanol–water partition coefficient (Wildman–Crippen LogP) is 2.98. The maximum Gasteiger partial charge on any atom is 0.125 e. The number of hydrazone groups is 1. The van der Waals surface area contributed by atoms with Crippen LogP contribution >= 0.6 is 23.4 Å². The SMILES string of the molecule is CCCCCC1=NN(Cl)NC(Cl)=C1. The standard InChI is InChI=1S/C8H13Cl2N3/c1-2-3-4-5-7-6-8(9)12-13(10)11-7/h6,12H,2-5H2,1H3. The summed E-state index contributed by atoms with van der Waals surface area (Å²) < 4.78 is 1.11. The van der Waals surface area contributed by atoms with E-state index in [4.69, 9.17) is 23.4 Å². The molecular weight excluding hydrogens is 209 g/mol. The molecule has 0 aromatic carbocycles. The summed E-state index contributed by atoms with van der Waals surface area (Å²) in [5, 5.41) is 4.56. The van der Waals surface area contributed by atoms with Gasteiger partial charge in [-0.25, -0.2) is 0 Å². The molecule has 0 atom stereocenters. The third-order valence-electron chi connectivity index (χ3n) is 1.75. The Morgan fingerprint density at radius 3 is 2.92 bits per heavy atom. The quantitative estimate of drug-likeness (QED) is 0.449. The lowest BCUT2D eigenvalue weighted by atomic mass is 10.1. The maximum atomic E-state index is 5.76. The Hall–Kier alpha value is -0.410. The van der Waals surface area contributed by atoms with Gasteiger partial charge in [-0.15, -0.1) is 9.74 Å². The van der Waals surface area contributed by atoms with Crippen LogP contribution < -0.4 is 5.43 Å². The zero-order valence-corrected chi connectivity index (χ0v) is 9.07. The summed E-state index contributed by atoms with van der Waals surface area (Å²) in [4.78, 5) is 0. The first-order valence-corrected chi connectivity index (χ1v) is 5.11. The largest absolute Gasteiger partial charge is 0.256 e. The summed E-state index contributed by atoms with van der Waals surface area (Å²) >= 11 is 11.4. The first-order valence-electron chi connectivity index (χ1n) is 4.39. The van der Waals surface area contributed by atoms with Crippen molar-refractivity contribution in [3.63, 3.8) is 0 Å². The molecule has 0 unspecified atom stereocenters. The highest BCUT2D eigenvalue weighted by Crippen LogP contribution is 2.11. The topological polar surface area (TPSA) is 27.6 Å². The van der Waals surface area contributed by atoms with E-state index in [0.717, 1.165) is 23.2 Å². The van der Waals surface area contributed by atoms with E-state index >= 15 is 0 Å². The molecule has 0 spiro atoms. The fourth-order valence-electron chi connectivity index (χ4n) is 1.11. The molecule has 3 nitrogen and oxygen atoms in total. The number of hydrazine groups is 1. The number of unbranched alkanes of at least 4 members (excludes halogenated alkanes) is 2. The smallest absolute Gasteiger partial charge is 0.125 e. The van der Waals surface area contributed by atoms with Gasteiger partial charge in [0, 0.05) is 0 Å². The molecule has 0 aromatic rings. The molecule has 0 radical (unpaired) electrons. The van der Waals surface area contributed by atoms with E-state index in [9.17, 15) is 0 Å². The van der Waals surface area contributed by atoms with E-state index in [0.29, 0.717) is 5.16 Å². The zero-order valence-electron chi connectivity index (χ0n) is 7.56. The van der Waals surface area contributed by atoms with Crippen molar-refractivity contribution in [2.45, 2.75) is 32.6 Å². The fraction of sp³-hybridized carbons (Fsp3) is 0.625. The molecule has 0 amide bonds. The van der Waals surface area contributed by atoms with Crippen LogP contribution in [0.15, 0.2) is 16.3 Å². The van der Waals surface area contributed by atoms with Crippen LogP contribution in [0.3, 0.4) is 0 Å². The molecule has 0 saturated carbocycles. The van der Waals surface area contributed by atoms with Gasteiger partial charge in [0.1, 0.15) is 5.16 Å². The lowest BCUT2D eigenvalue weighted by Gasteiger charge is -2.17. The van der Waals surface area contributed by atoms with Crippen LogP contribution in [0.25, 0.3) is 0 Å². The van der Waals surface area contributed by atoms with Gasteiger partial charge in [0.15, 0.2) is 0 Å². The summed E-state index contributed by atoms with van der Waals surface area (Å²) in [6.07, 6.45) is 6.26. The third-order valence-corrected chi connectivity index (χ3v) is 2.10. The maximum absolute atomic E-state index is 5.76. The van der Waals surface area contributed by atoms with Crippen molar-refractivity contribution in [1.29, 1.82) is 0 Å². The minimum Gasteiger partial charge on any atom is -0.256 e. The van der Waals surface area contributed by atoms with Crippen LogP contribution in [0.5, 0.6) is 0 Å². The van der Waals surface area contributed by atoms with Crippen LogP contribution in [-0.2, 0) is 0 Å². The monoisotopic (exact) mass is 221 g/mol. The summed E-state index contributed by atoms with van der Waals surface area (Å²) in [6.45, 7) is 2.17. The summed E-state index contributed by atoms with van der Waals surface area (Å²) in [5.74, 6) is 0. The van der Waals surface area contributed by atoms with Crippen molar-refractivity contribution < 1.29 is 0 Å².